The van der Waals surface area contributed by atoms with E-state index < -0.39 is 11.7 Å². The van der Waals surface area contributed by atoms with Crippen LogP contribution < -0.4 is 10.6 Å². The first kappa shape index (κ1) is 16.2. The largest absolute Gasteiger partial charge is 0.387 e. The molecule has 0 unspecified atom stereocenters. The SMILES string of the molecule is COC1(C(=O)NC[C@@H](O)c2ccc(Cl)cc2)CCNCC1. The number of ether oxygens (including phenoxy) is 1. The van der Waals surface area contributed by atoms with Gasteiger partial charge in [-0.2, -0.15) is 0 Å². The summed E-state index contributed by atoms with van der Waals surface area (Å²) in [6, 6.07) is 6.92. The number of nitrogens with one attached hydrogen (secondary N) is 2. The van der Waals surface area contributed by atoms with E-state index >= 15 is 0 Å². The number of piperidine rings is 1. The van der Waals surface area contributed by atoms with Crippen molar-refractivity contribution < 1.29 is 14.6 Å². The minimum absolute atomic E-state index is 0.152. The van der Waals surface area contributed by atoms with E-state index in [0.717, 1.165) is 18.7 Å². The number of amides is 1. The molecule has 0 aliphatic carbocycles. The third-order valence-corrected chi connectivity index (χ3v) is 4.18. The Labute approximate surface area is 129 Å². The molecule has 0 radical (unpaired) electrons. The number of rotatable bonds is 5. The summed E-state index contributed by atoms with van der Waals surface area (Å²) in [5.41, 5.74) is -0.0678. The molecule has 3 N–H and O–H groups in total. The molecule has 5 nitrogen and oxygen atoms in total. The number of hydrogen-bond donors (Lipinski definition) is 3. The summed E-state index contributed by atoms with van der Waals surface area (Å²) < 4.78 is 5.44. The van der Waals surface area contributed by atoms with Crippen LogP contribution in [0.15, 0.2) is 24.3 Å². The highest BCUT2D eigenvalue weighted by Crippen LogP contribution is 2.23. The molecule has 0 aromatic heterocycles. The van der Waals surface area contributed by atoms with Crippen molar-refractivity contribution in [2.75, 3.05) is 26.7 Å². The molecule has 1 amide bonds. The Kier molecular flexibility index (Phi) is 5.58. The van der Waals surface area contributed by atoms with Crippen molar-refractivity contribution in [2.45, 2.75) is 24.5 Å². The van der Waals surface area contributed by atoms with E-state index in [9.17, 15) is 9.90 Å². The number of carbonyl (C=O) groups is 1. The van der Waals surface area contributed by atoms with E-state index in [2.05, 4.69) is 10.6 Å². The summed E-state index contributed by atoms with van der Waals surface area (Å²) in [7, 11) is 1.56. The molecule has 6 heteroatoms. The van der Waals surface area contributed by atoms with E-state index in [1.54, 1.807) is 31.4 Å². The molecule has 1 atom stereocenters. The number of aliphatic hydroxyl groups is 1. The summed E-state index contributed by atoms with van der Waals surface area (Å²) in [5.74, 6) is -0.167. The van der Waals surface area contributed by atoms with Crippen LogP contribution in [0.4, 0.5) is 0 Å². The molecule has 116 valence electrons. The first-order valence-electron chi connectivity index (χ1n) is 7.05. The van der Waals surface area contributed by atoms with Crippen LogP contribution in [0, 0.1) is 0 Å². The molecule has 2 rings (SSSR count). The number of hydrogen-bond acceptors (Lipinski definition) is 4. The lowest BCUT2D eigenvalue weighted by atomic mass is 9.91. The topological polar surface area (TPSA) is 70.6 Å². The second kappa shape index (κ2) is 7.22. The maximum absolute atomic E-state index is 12.3. The molecule has 0 saturated carbocycles. The van der Waals surface area contributed by atoms with Gasteiger partial charge in [0.25, 0.3) is 5.91 Å². The third kappa shape index (κ3) is 3.95. The molecule has 0 bridgehead atoms. The van der Waals surface area contributed by atoms with Gasteiger partial charge in [-0.05, 0) is 43.6 Å². The Morgan fingerprint density at radius 1 is 1.43 bits per heavy atom. The molecular weight excluding hydrogens is 292 g/mol. The van der Waals surface area contributed by atoms with Gasteiger partial charge in [0, 0.05) is 18.7 Å². The summed E-state index contributed by atoms with van der Waals surface area (Å²) in [6.45, 7) is 1.65. The predicted molar refractivity (Wildman–Crippen MR) is 81.3 cm³/mol. The quantitative estimate of drug-likeness (QED) is 0.765. The lowest BCUT2D eigenvalue weighted by Crippen LogP contribution is -2.54. The highest BCUT2D eigenvalue weighted by Gasteiger charge is 2.39. The summed E-state index contributed by atoms with van der Waals surface area (Å²) in [5, 5.41) is 16.7. The van der Waals surface area contributed by atoms with E-state index in [0.29, 0.717) is 17.9 Å². The van der Waals surface area contributed by atoms with Crippen molar-refractivity contribution in [3.8, 4) is 0 Å². The molecule has 1 aliphatic rings. The Bertz CT molecular complexity index is 472. The van der Waals surface area contributed by atoms with Gasteiger partial charge in [-0.25, -0.2) is 0 Å². The summed E-state index contributed by atoms with van der Waals surface area (Å²) in [6.07, 6.45) is 0.500. The van der Waals surface area contributed by atoms with Crippen molar-refractivity contribution in [1.29, 1.82) is 0 Å². The molecule has 21 heavy (non-hydrogen) atoms. The molecule has 1 aromatic rings. The van der Waals surface area contributed by atoms with E-state index in [4.69, 9.17) is 16.3 Å². The normalized spacial score (nSPS) is 19.0. The number of halogens is 1. The molecule has 1 heterocycles. The van der Waals surface area contributed by atoms with Gasteiger partial charge in [-0.15, -0.1) is 0 Å². The number of carbonyl (C=O) groups excluding carboxylic acids is 1. The molecule has 1 aromatic carbocycles. The van der Waals surface area contributed by atoms with Gasteiger partial charge in [0.05, 0.1) is 6.10 Å². The van der Waals surface area contributed by atoms with Gasteiger partial charge in [0.1, 0.15) is 5.60 Å². The van der Waals surface area contributed by atoms with E-state index in [1.165, 1.54) is 0 Å². The molecule has 1 saturated heterocycles. The van der Waals surface area contributed by atoms with Crippen LogP contribution in [0.3, 0.4) is 0 Å². The Morgan fingerprint density at radius 3 is 2.62 bits per heavy atom. The highest BCUT2D eigenvalue weighted by molar-refractivity contribution is 6.30. The molecule has 1 aliphatic heterocycles. The van der Waals surface area contributed by atoms with Crippen LogP contribution in [0.25, 0.3) is 0 Å². The highest BCUT2D eigenvalue weighted by atomic mass is 35.5. The fraction of sp³-hybridized carbons (Fsp3) is 0.533. The lowest BCUT2D eigenvalue weighted by molar-refractivity contribution is -0.147. The van der Waals surface area contributed by atoms with Gasteiger partial charge < -0.3 is 20.5 Å². The van der Waals surface area contributed by atoms with Crippen molar-refractivity contribution >= 4 is 17.5 Å². The summed E-state index contributed by atoms with van der Waals surface area (Å²) >= 11 is 5.81. The van der Waals surface area contributed by atoms with Crippen LogP contribution in [0.5, 0.6) is 0 Å². The minimum atomic E-state index is -0.787. The van der Waals surface area contributed by atoms with Gasteiger partial charge in [0.15, 0.2) is 0 Å². The fourth-order valence-corrected chi connectivity index (χ4v) is 2.63. The van der Waals surface area contributed by atoms with Crippen molar-refractivity contribution in [3.63, 3.8) is 0 Å². The Morgan fingerprint density at radius 2 is 2.05 bits per heavy atom. The lowest BCUT2D eigenvalue weighted by Gasteiger charge is -2.35. The standard InChI is InChI=1S/C15H21ClN2O3/c1-21-15(6-8-17-9-7-15)14(20)18-10-13(19)11-2-4-12(16)5-3-11/h2-5,13,17,19H,6-10H2,1H3,(H,18,20)/t13-/m1/s1. The maximum atomic E-state index is 12.3. The van der Waals surface area contributed by atoms with Crippen molar-refractivity contribution in [2.24, 2.45) is 0 Å². The van der Waals surface area contributed by atoms with Gasteiger partial charge in [0.2, 0.25) is 0 Å². The molecule has 1 fully saturated rings. The monoisotopic (exact) mass is 312 g/mol. The summed E-state index contributed by atoms with van der Waals surface area (Å²) in [4.78, 5) is 12.3. The zero-order valence-corrected chi connectivity index (χ0v) is 12.8. The van der Waals surface area contributed by atoms with Crippen LogP contribution in [-0.4, -0.2) is 43.4 Å². The number of methoxy groups -OCH3 is 1. The van der Waals surface area contributed by atoms with Crippen molar-refractivity contribution in [1.82, 2.24) is 10.6 Å². The number of benzene rings is 1. The zero-order valence-electron chi connectivity index (χ0n) is 12.1. The second-order valence-electron chi connectivity index (χ2n) is 5.23. The van der Waals surface area contributed by atoms with Crippen LogP contribution in [0.2, 0.25) is 5.02 Å². The van der Waals surface area contributed by atoms with Gasteiger partial charge in [-0.1, -0.05) is 23.7 Å². The van der Waals surface area contributed by atoms with Crippen LogP contribution >= 0.6 is 11.6 Å². The maximum Gasteiger partial charge on any atom is 0.252 e. The average molecular weight is 313 g/mol. The third-order valence-electron chi connectivity index (χ3n) is 3.93. The van der Waals surface area contributed by atoms with Gasteiger partial charge in [-0.3, -0.25) is 4.79 Å². The van der Waals surface area contributed by atoms with E-state index in [-0.39, 0.29) is 12.5 Å². The average Bonchev–Trinajstić information content (AvgIpc) is 2.53. The molecule has 0 spiro atoms. The number of aliphatic hydroxyl groups excluding tert-OH is 1. The van der Waals surface area contributed by atoms with Crippen LogP contribution in [0.1, 0.15) is 24.5 Å². The van der Waals surface area contributed by atoms with Crippen molar-refractivity contribution in [3.05, 3.63) is 34.9 Å². The smallest absolute Gasteiger partial charge is 0.252 e. The zero-order chi connectivity index (χ0) is 15.3. The molecular formula is C15H21ClN2O3. The Hall–Kier alpha value is -1.14. The first-order valence-corrected chi connectivity index (χ1v) is 7.43. The Balaban J connectivity index is 1.92. The van der Waals surface area contributed by atoms with E-state index in [1.807, 2.05) is 0 Å². The first-order chi connectivity index (χ1) is 10.1. The fourth-order valence-electron chi connectivity index (χ4n) is 2.51. The predicted octanol–water partition coefficient (Wildman–Crippen LogP) is 1.26. The second-order valence-corrected chi connectivity index (χ2v) is 5.66. The van der Waals surface area contributed by atoms with Crippen LogP contribution in [-0.2, 0) is 9.53 Å². The minimum Gasteiger partial charge on any atom is -0.387 e. The van der Waals surface area contributed by atoms with Gasteiger partial charge >= 0.3 is 0 Å².